The van der Waals surface area contributed by atoms with Crippen LogP contribution >= 0.6 is 11.6 Å². The topological polar surface area (TPSA) is 46.2 Å². The van der Waals surface area contributed by atoms with Crippen LogP contribution in [0.15, 0.2) is 0 Å². The van der Waals surface area contributed by atoms with E-state index in [-0.39, 0.29) is 11.3 Å². The first-order chi connectivity index (χ1) is 7.04. The van der Waals surface area contributed by atoms with E-state index in [0.717, 1.165) is 32.1 Å². The molecule has 0 spiro atoms. The first-order valence-electron chi connectivity index (χ1n) is 5.61. The minimum atomic E-state index is -3.13. The molecule has 0 atom stereocenters. The Morgan fingerprint density at radius 2 is 1.93 bits per heavy atom. The van der Waals surface area contributed by atoms with Gasteiger partial charge in [0.05, 0.1) is 5.75 Å². The summed E-state index contributed by atoms with van der Waals surface area (Å²) in [5, 5.41) is 0. The van der Waals surface area contributed by atoms with Crippen LogP contribution in [0.5, 0.6) is 0 Å². The minimum Gasteiger partial charge on any atom is -0.212 e. The van der Waals surface area contributed by atoms with Crippen molar-refractivity contribution in [3.05, 3.63) is 0 Å². The van der Waals surface area contributed by atoms with E-state index in [1.54, 1.807) is 0 Å². The third-order valence-electron chi connectivity index (χ3n) is 2.96. The predicted octanol–water partition coefficient (Wildman–Crippen LogP) is 2.26. The van der Waals surface area contributed by atoms with Crippen LogP contribution in [0, 0.1) is 0 Å². The maximum absolute atomic E-state index is 11.7. The van der Waals surface area contributed by atoms with Crippen molar-refractivity contribution in [1.29, 1.82) is 0 Å². The van der Waals surface area contributed by atoms with Crippen LogP contribution in [0.25, 0.3) is 0 Å². The number of nitrogens with one attached hydrogen (secondary N) is 1. The summed E-state index contributed by atoms with van der Waals surface area (Å²) in [5.41, 5.74) is -0.353. The van der Waals surface area contributed by atoms with Gasteiger partial charge < -0.3 is 0 Å². The van der Waals surface area contributed by atoms with Crippen molar-refractivity contribution in [1.82, 2.24) is 4.72 Å². The summed E-state index contributed by atoms with van der Waals surface area (Å²) >= 11 is 5.88. The van der Waals surface area contributed by atoms with E-state index < -0.39 is 10.0 Å². The number of sulfonamides is 1. The molecule has 0 aromatic carbocycles. The predicted molar refractivity (Wildman–Crippen MR) is 63.7 cm³/mol. The van der Waals surface area contributed by atoms with E-state index in [2.05, 4.69) is 4.72 Å². The summed E-state index contributed by atoms with van der Waals surface area (Å²) < 4.78 is 26.3. The number of rotatable bonds is 6. The Morgan fingerprint density at radius 3 is 2.40 bits per heavy atom. The monoisotopic (exact) mass is 253 g/mol. The fourth-order valence-electron chi connectivity index (χ4n) is 2.03. The van der Waals surface area contributed by atoms with Crippen molar-refractivity contribution < 1.29 is 8.42 Å². The highest BCUT2D eigenvalue weighted by Gasteiger charge is 2.36. The van der Waals surface area contributed by atoms with E-state index in [1.807, 2.05) is 6.92 Å². The highest BCUT2D eigenvalue weighted by atomic mass is 35.5. The van der Waals surface area contributed by atoms with Gasteiger partial charge in [-0.2, -0.15) is 0 Å². The second-order valence-electron chi connectivity index (χ2n) is 4.40. The molecule has 0 bridgehead atoms. The molecule has 1 fully saturated rings. The van der Waals surface area contributed by atoms with Crippen molar-refractivity contribution >= 4 is 21.6 Å². The first kappa shape index (κ1) is 13.3. The number of unbranched alkanes of at least 4 members (excludes halogenated alkanes) is 1. The third-order valence-corrected chi connectivity index (χ3v) is 5.04. The van der Waals surface area contributed by atoms with Gasteiger partial charge in [-0.1, -0.05) is 26.2 Å². The van der Waals surface area contributed by atoms with E-state index >= 15 is 0 Å². The standard InChI is InChI=1S/C10H20ClNO2S/c1-2-3-8-15(13,14)12-10(9-11)6-4-5-7-10/h12H,2-9H2,1H3. The quantitative estimate of drug-likeness (QED) is 0.738. The normalized spacial score (nSPS) is 20.7. The molecule has 0 radical (unpaired) electrons. The Hall–Kier alpha value is 0.200. The number of hydrogen-bond acceptors (Lipinski definition) is 2. The van der Waals surface area contributed by atoms with Crippen LogP contribution in [0.1, 0.15) is 45.4 Å². The van der Waals surface area contributed by atoms with Gasteiger partial charge in [-0.25, -0.2) is 13.1 Å². The average molecular weight is 254 g/mol. The van der Waals surface area contributed by atoms with E-state index in [9.17, 15) is 8.42 Å². The summed E-state index contributed by atoms with van der Waals surface area (Å²) in [7, 11) is -3.13. The summed E-state index contributed by atoms with van der Waals surface area (Å²) in [6, 6.07) is 0. The molecule has 1 aliphatic rings. The Kier molecular flexibility index (Phi) is 4.87. The van der Waals surface area contributed by atoms with Gasteiger partial charge in [0, 0.05) is 11.4 Å². The van der Waals surface area contributed by atoms with Gasteiger partial charge in [-0.15, -0.1) is 11.6 Å². The lowest BCUT2D eigenvalue weighted by Crippen LogP contribution is -2.48. The van der Waals surface area contributed by atoms with E-state index in [1.165, 1.54) is 0 Å². The van der Waals surface area contributed by atoms with Crippen molar-refractivity contribution in [3.8, 4) is 0 Å². The van der Waals surface area contributed by atoms with Crippen LogP contribution in [0.3, 0.4) is 0 Å². The van der Waals surface area contributed by atoms with Gasteiger partial charge in [0.2, 0.25) is 10.0 Å². The maximum atomic E-state index is 11.7. The molecule has 15 heavy (non-hydrogen) atoms. The molecule has 0 saturated heterocycles. The van der Waals surface area contributed by atoms with Crippen LogP contribution in [-0.4, -0.2) is 25.6 Å². The Balaban J connectivity index is 2.58. The first-order valence-corrected chi connectivity index (χ1v) is 7.80. The molecule has 0 aromatic heterocycles. The Bertz CT molecular complexity index is 284. The number of hydrogen-bond donors (Lipinski definition) is 1. The number of alkyl halides is 1. The molecule has 1 saturated carbocycles. The molecule has 0 aliphatic heterocycles. The van der Waals surface area contributed by atoms with Crippen LogP contribution < -0.4 is 4.72 Å². The van der Waals surface area contributed by atoms with Crippen LogP contribution in [-0.2, 0) is 10.0 Å². The lowest BCUT2D eigenvalue weighted by Gasteiger charge is -2.27. The van der Waals surface area contributed by atoms with Crippen molar-refractivity contribution in [2.75, 3.05) is 11.6 Å². The lowest BCUT2D eigenvalue weighted by molar-refractivity contribution is 0.432. The molecule has 3 nitrogen and oxygen atoms in total. The van der Waals surface area contributed by atoms with Gasteiger partial charge in [0.25, 0.3) is 0 Å². The Morgan fingerprint density at radius 1 is 1.33 bits per heavy atom. The fraction of sp³-hybridized carbons (Fsp3) is 1.00. The molecule has 0 aromatic rings. The van der Waals surface area contributed by atoms with Crippen molar-refractivity contribution in [2.24, 2.45) is 0 Å². The third kappa shape index (κ3) is 3.93. The molecule has 1 aliphatic carbocycles. The SMILES string of the molecule is CCCCS(=O)(=O)NC1(CCl)CCCC1. The molecule has 90 valence electrons. The molecular weight excluding hydrogens is 234 g/mol. The highest BCUT2D eigenvalue weighted by molar-refractivity contribution is 7.89. The number of halogens is 1. The summed E-state index contributed by atoms with van der Waals surface area (Å²) in [5.74, 6) is 0.612. The van der Waals surface area contributed by atoms with Gasteiger partial charge in [0.1, 0.15) is 0 Å². The van der Waals surface area contributed by atoms with Crippen molar-refractivity contribution in [2.45, 2.75) is 51.0 Å². The maximum Gasteiger partial charge on any atom is 0.212 e. The van der Waals surface area contributed by atoms with Gasteiger partial charge >= 0.3 is 0 Å². The second kappa shape index (κ2) is 5.51. The molecule has 1 rings (SSSR count). The van der Waals surface area contributed by atoms with E-state index in [0.29, 0.717) is 12.3 Å². The minimum absolute atomic E-state index is 0.224. The van der Waals surface area contributed by atoms with Crippen LogP contribution in [0.4, 0.5) is 0 Å². The zero-order valence-corrected chi connectivity index (χ0v) is 10.8. The molecule has 1 N–H and O–H groups in total. The molecule has 0 amide bonds. The Labute approximate surface area is 97.6 Å². The molecule has 0 heterocycles. The van der Waals surface area contributed by atoms with Gasteiger partial charge in [0.15, 0.2) is 0 Å². The lowest BCUT2D eigenvalue weighted by atomic mass is 10.0. The van der Waals surface area contributed by atoms with Gasteiger partial charge in [-0.05, 0) is 19.3 Å². The van der Waals surface area contributed by atoms with Crippen molar-refractivity contribution in [3.63, 3.8) is 0 Å². The smallest absolute Gasteiger partial charge is 0.212 e. The average Bonchev–Trinajstić information content (AvgIpc) is 2.63. The highest BCUT2D eigenvalue weighted by Crippen LogP contribution is 2.31. The summed E-state index contributed by atoms with van der Waals surface area (Å²) in [6.07, 6.45) is 5.51. The summed E-state index contributed by atoms with van der Waals surface area (Å²) in [6.45, 7) is 1.99. The zero-order chi connectivity index (χ0) is 11.4. The molecular formula is C10H20ClNO2S. The largest absolute Gasteiger partial charge is 0.212 e. The second-order valence-corrected chi connectivity index (χ2v) is 6.50. The van der Waals surface area contributed by atoms with Crippen LogP contribution in [0.2, 0.25) is 0 Å². The fourth-order valence-corrected chi connectivity index (χ4v) is 4.15. The molecule has 0 unspecified atom stereocenters. The zero-order valence-electron chi connectivity index (χ0n) is 9.26. The van der Waals surface area contributed by atoms with Gasteiger partial charge in [-0.3, -0.25) is 0 Å². The summed E-state index contributed by atoms with van der Waals surface area (Å²) in [4.78, 5) is 0. The molecule has 5 heteroatoms. The van der Waals surface area contributed by atoms with E-state index in [4.69, 9.17) is 11.6 Å².